The van der Waals surface area contributed by atoms with E-state index in [1.807, 2.05) is 6.07 Å². The molecule has 2 atom stereocenters. The summed E-state index contributed by atoms with van der Waals surface area (Å²) < 4.78 is 1.09. The van der Waals surface area contributed by atoms with Gasteiger partial charge in [0.25, 0.3) is 0 Å². The minimum atomic E-state index is -0.383. The number of carbonyl (C=O) groups excluding carboxylic acids is 2. The van der Waals surface area contributed by atoms with Gasteiger partial charge >= 0.3 is 0 Å². The normalized spacial score (nSPS) is 26.4. The van der Waals surface area contributed by atoms with Crippen molar-refractivity contribution in [3.63, 3.8) is 0 Å². The molecule has 0 aliphatic heterocycles. The van der Waals surface area contributed by atoms with Gasteiger partial charge in [-0.05, 0) is 42.5 Å². The number of primary amides is 1. The van der Waals surface area contributed by atoms with Crippen LogP contribution < -0.4 is 11.1 Å². The molecule has 2 aliphatic rings. The van der Waals surface area contributed by atoms with Crippen LogP contribution in [0.1, 0.15) is 30.4 Å². The summed E-state index contributed by atoms with van der Waals surface area (Å²) in [5.74, 6) is -0.272. The van der Waals surface area contributed by atoms with Crippen molar-refractivity contribution in [2.24, 2.45) is 11.7 Å². The first kappa shape index (κ1) is 13.6. The summed E-state index contributed by atoms with van der Waals surface area (Å²) >= 11 is 3.49. The van der Waals surface area contributed by atoms with Crippen molar-refractivity contribution in [1.29, 1.82) is 0 Å². The number of halogens is 1. The summed E-state index contributed by atoms with van der Waals surface area (Å²) in [5, 5.41) is 2.82. The third-order valence-corrected chi connectivity index (χ3v) is 5.00. The number of benzene rings is 1. The van der Waals surface area contributed by atoms with Crippen LogP contribution in [-0.4, -0.2) is 18.4 Å². The van der Waals surface area contributed by atoms with E-state index < -0.39 is 0 Å². The molecule has 0 aromatic heterocycles. The van der Waals surface area contributed by atoms with Gasteiger partial charge in [-0.1, -0.05) is 22.0 Å². The molecule has 1 aromatic rings. The van der Waals surface area contributed by atoms with Gasteiger partial charge in [0.1, 0.15) is 0 Å². The van der Waals surface area contributed by atoms with Gasteiger partial charge in [0.05, 0.1) is 0 Å². The molecule has 3 N–H and O–H groups in total. The third-order valence-electron chi connectivity index (χ3n) is 4.51. The van der Waals surface area contributed by atoms with E-state index in [1.54, 1.807) is 0 Å². The second kappa shape index (κ2) is 4.88. The van der Waals surface area contributed by atoms with Gasteiger partial charge in [-0.3, -0.25) is 9.59 Å². The predicted octanol–water partition coefficient (Wildman–Crippen LogP) is 1.64. The number of hydrogen-bond acceptors (Lipinski definition) is 2. The van der Waals surface area contributed by atoms with Crippen molar-refractivity contribution >= 4 is 27.7 Å². The van der Waals surface area contributed by atoms with Crippen molar-refractivity contribution in [1.82, 2.24) is 5.32 Å². The smallest absolute Gasteiger partial charge is 0.224 e. The quantitative estimate of drug-likeness (QED) is 0.877. The van der Waals surface area contributed by atoms with Gasteiger partial charge in [-0.2, -0.15) is 0 Å². The Balaban J connectivity index is 1.67. The van der Waals surface area contributed by atoms with Crippen molar-refractivity contribution in [3.8, 4) is 0 Å². The van der Waals surface area contributed by atoms with E-state index in [1.165, 1.54) is 11.1 Å². The second-order valence-electron chi connectivity index (χ2n) is 5.72. The topological polar surface area (TPSA) is 72.2 Å². The first-order valence-electron chi connectivity index (χ1n) is 6.88. The third kappa shape index (κ3) is 2.24. The molecule has 20 heavy (non-hydrogen) atoms. The second-order valence-corrected chi connectivity index (χ2v) is 6.64. The maximum Gasteiger partial charge on any atom is 0.224 e. The highest BCUT2D eigenvalue weighted by Gasteiger charge is 2.61. The van der Waals surface area contributed by atoms with Crippen LogP contribution in [-0.2, 0) is 21.4 Å². The van der Waals surface area contributed by atoms with E-state index in [2.05, 4.69) is 33.4 Å². The Morgan fingerprint density at radius 2 is 2.25 bits per heavy atom. The Morgan fingerprint density at radius 1 is 1.45 bits per heavy atom. The molecule has 1 fully saturated rings. The van der Waals surface area contributed by atoms with E-state index in [0.717, 1.165) is 23.7 Å². The van der Waals surface area contributed by atoms with Crippen LogP contribution >= 0.6 is 15.9 Å². The zero-order valence-electron chi connectivity index (χ0n) is 11.1. The minimum absolute atomic E-state index is 0.0485. The highest BCUT2D eigenvalue weighted by atomic mass is 79.9. The van der Waals surface area contributed by atoms with Crippen LogP contribution in [0.2, 0.25) is 0 Å². The predicted molar refractivity (Wildman–Crippen MR) is 79.1 cm³/mol. The Kier molecular flexibility index (Phi) is 3.32. The van der Waals surface area contributed by atoms with Gasteiger partial charge in [0, 0.05) is 28.8 Å². The highest BCUT2D eigenvalue weighted by molar-refractivity contribution is 9.10. The summed E-state index contributed by atoms with van der Waals surface area (Å²) in [6.07, 6.45) is 3.21. The number of hydrogen-bond donors (Lipinski definition) is 2. The van der Waals surface area contributed by atoms with Crippen LogP contribution in [0.5, 0.6) is 0 Å². The van der Waals surface area contributed by atoms with E-state index in [4.69, 9.17) is 5.73 Å². The maximum atomic E-state index is 12.2. The SMILES string of the molecule is NC(=O)CCNC(=O)[C@@H]1C[C@]12CCc1cc(Br)ccc12. The van der Waals surface area contributed by atoms with Gasteiger partial charge < -0.3 is 11.1 Å². The number of fused-ring (bicyclic) bond motifs is 2. The fourth-order valence-electron chi connectivity index (χ4n) is 3.40. The van der Waals surface area contributed by atoms with Crippen molar-refractivity contribution in [2.75, 3.05) is 6.54 Å². The first-order valence-corrected chi connectivity index (χ1v) is 7.67. The molecule has 0 unspecified atom stereocenters. The molecule has 0 heterocycles. The monoisotopic (exact) mass is 336 g/mol. The lowest BCUT2D eigenvalue weighted by Gasteiger charge is -2.11. The van der Waals surface area contributed by atoms with E-state index in [9.17, 15) is 9.59 Å². The average molecular weight is 337 g/mol. The molecule has 2 amide bonds. The molecule has 0 saturated heterocycles. The lowest BCUT2D eigenvalue weighted by Crippen LogP contribution is -2.31. The fourth-order valence-corrected chi connectivity index (χ4v) is 3.81. The summed E-state index contributed by atoms with van der Waals surface area (Å²) in [6.45, 7) is 0.341. The summed E-state index contributed by atoms with van der Waals surface area (Å²) in [6, 6.07) is 6.35. The Hall–Kier alpha value is -1.36. The van der Waals surface area contributed by atoms with Crippen LogP contribution in [0.4, 0.5) is 0 Å². The lowest BCUT2D eigenvalue weighted by atomic mass is 9.95. The molecule has 0 bridgehead atoms. The van der Waals surface area contributed by atoms with Crippen LogP contribution in [0, 0.1) is 5.92 Å². The van der Waals surface area contributed by atoms with Crippen molar-refractivity contribution < 1.29 is 9.59 Å². The van der Waals surface area contributed by atoms with Gasteiger partial charge in [-0.25, -0.2) is 0 Å². The molecule has 1 saturated carbocycles. The molecule has 2 aliphatic carbocycles. The van der Waals surface area contributed by atoms with Gasteiger partial charge in [0.15, 0.2) is 0 Å². The molecule has 106 valence electrons. The van der Waals surface area contributed by atoms with Crippen molar-refractivity contribution in [3.05, 3.63) is 33.8 Å². The van der Waals surface area contributed by atoms with Crippen LogP contribution in [0.25, 0.3) is 0 Å². The van der Waals surface area contributed by atoms with Gasteiger partial charge in [0.2, 0.25) is 11.8 Å². The summed E-state index contributed by atoms with van der Waals surface area (Å²) in [4.78, 5) is 22.8. The zero-order chi connectivity index (χ0) is 14.3. The molecular formula is C15H17BrN2O2. The van der Waals surface area contributed by atoms with Crippen LogP contribution in [0.3, 0.4) is 0 Å². The minimum Gasteiger partial charge on any atom is -0.370 e. The average Bonchev–Trinajstić information content (AvgIpc) is 3.01. The Morgan fingerprint density at radius 3 is 3.00 bits per heavy atom. The molecule has 5 heteroatoms. The lowest BCUT2D eigenvalue weighted by molar-refractivity contribution is -0.123. The molecule has 1 spiro atoms. The molecule has 1 aromatic carbocycles. The number of amides is 2. The van der Waals surface area contributed by atoms with E-state index in [0.29, 0.717) is 6.54 Å². The molecular weight excluding hydrogens is 320 g/mol. The number of aryl methyl sites for hydroxylation is 1. The van der Waals surface area contributed by atoms with E-state index in [-0.39, 0.29) is 29.6 Å². The van der Waals surface area contributed by atoms with Crippen LogP contribution in [0.15, 0.2) is 22.7 Å². The number of nitrogens with two attached hydrogens (primary N) is 1. The Labute approximate surface area is 126 Å². The van der Waals surface area contributed by atoms with E-state index >= 15 is 0 Å². The standard InChI is InChI=1S/C15H17BrN2O2/c16-10-1-2-11-9(7-10)3-5-15(11)8-12(15)14(20)18-6-4-13(17)19/h1-2,7,12H,3-6,8H2,(H2,17,19)(H,18,20)/t12-,15-/m0/s1. The zero-order valence-corrected chi connectivity index (χ0v) is 12.7. The fraction of sp³-hybridized carbons (Fsp3) is 0.467. The number of carbonyl (C=O) groups is 2. The molecule has 3 rings (SSSR count). The van der Waals surface area contributed by atoms with Crippen molar-refractivity contribution in [2.45, 2.75) is 31.1 Å². The first-order chi connectivity index (χ1) is 9.53. The molecule has 4 nitrogen and oxygen atoms in total. The number of nitrogens with one attached hydrogen (secondary N) is 1. The summed E-state index contributed by atoms with van der Waals surface area (Å²) in [7, 11) is 0. The maximum absolute atomic E-state index is 12.2. The highest BCUT2D eigenvalue weighted by Crippen LogP contribution is 2.61. The molecule has 0 radical (unpaired) electrons. The number of rotatable bonds is 4. The summed E-state index contributed by atoms with van der Waals surface area (Å²) in [5.41, 5.74) is 7.80. The largest absolute Gasteiger partial charge is 0.370 e. The van der Waals surface area contributed by atoms with Gasteiger partial charge in [-0.15, -0.1) is 0 Å². The Bertz CT molecular complexity index is 587.